The van der Waals surface area contributed by atoms with Gasteiger partial charge in [-0.3, -0.25) is 14.4 Å². The van der Waals surface area contributed by atoms with E-state index in [1.54, 1.807) is 12.3 Å². The molecular formula is C15H19N3O3. The van der Waals surface area contributed by atoms with Crippen molar-refractivity contribution in [1.82, 2.24) is 15.2 Å². The van der Waals surface area contributed by atoms with Crippen molar-refractivity contribution in [2.24, 2.45) is 5.92 Å². The van der Waals surface area contributed by atoms with Crippen LogP contribution < -0.4 is 5.32 Å². The van der Waals surface area contributed by atoms with E-state index in [9.17, 15) is 14.4 Å². The molecule has 1 aromatic heterocycles. The molecule has 0 aromatic carbocycles. The number of aromatic nitrogens is 1. The van der Waals surface area contributed by atoms with Gasteiger partial charge in [-0.2, -0.15) is 0 Å². The van der Waals surface area contributed by atoms with Gasteiger partial charge in [0.25, 0.3) is 5.91 Å². The predicted molar refractivity (Wildman–Crippen MR) is 76.0 cm³/mol. The molecule has 2 aliphatic rings. The van der Waals surface area contributed by atoms with Crippen LogP contribution in [0.2, 0.25) is 0 Å². The average molecular weight is 289 g/mol. The third-order valence-electron chi connectivity index (χ3n) is 4.43. The maximum absolute atomic E-state index is 12.5. The van der Waals surface area contributed by atoms with Crippen LogP contribution in [-0.4, -0.2) is 46.6 Å². The van der Waals surface area contributed by atoms with Crippen molar-refractivity contribution in [1.29, 1.82) is 0 Å². The van der Waals surface area contributed by atoms with Gasteiger partial charge in [-0.05, 0) is 31.7 Å². The number of nitrogens with zero attached hydrogens (tertiary/aromatic N) is 1. The van der Waals surface area contributed by atoms with Crippen LogP contribution in [-0.2, 0) is 4.79 Å². The lowest BCUT2D eigenvalue weighted by Gasteiger charge is -2.41. The number of hydrogen-bond donors (Lipinski definition) is 2. The molecule has 2 N–H and O–H groups in total. The molecule has 0 spiro atoms. The summed E-state index contributed by atoms with van der Waals surface area (Å²) in [6.45, 7) is 2.78. The van der Waals surface area contributed by atoms with Crippen molar-refractivity contribution in [3.05, 3.63) is 23.5 Å². The van der Waals surface area contributed by atoms with E-state index < -0.39 is 0 Å². The molecule has 2 saturated heterocycles. The number of ketones is 1. The maximum atomic E-state index is 12.5. The number of piperidine rings is 2. The number of H-pyrrole nitrogens is 1. The molecular weight excluding hydrogens is 270 g/mol. The van der Waals surface area contributed by atoms with Crippen LogP contribution in [0.1, 0.15) is 47.0 Å². The van der Waals surface area contributed by atoms with Gasteiger partial charge in [0, 0.05) is 37.3 Å². The largest absolute Gasteiger partial charge is 0.356 e. The van der Waals surface area contributed by atoms with Gasteiger partial charge < -0.3 is 15.2 Å². The quantitative estimate of drug-likeness (QED) is 0.796. The summed E-state index contributed by atoms with van der Waals surface area (Å²) in [5, 5.41) is 3.01. The highest BCUT2D eigenvalue weighted by molar-refractivity contribution is 5.99. The SMILES string of the molecule is CC(=O)c1c[nH]c(C(=O)N2CCC3NC(=O)CCC3C2)c1. The fraction of sp³-hybridized carbons (Fsp3) is 0.533. The summed E-state index contributed by atoms with van der Waals surface area (Å²) in [5.74, 6) is 0.325. The Hall–Kier alpha value is -2.11. The lowest BCUT2D eigenvalue weighted by Crippen LogP contribution is -2.55. The van der Waals surface area contributed by atoms with Crippen LogP contribution in [0.3, 0.4) is 0 Å². The number of amides is 2. The molecule has 6 nitrogen and oxygen atoms in total. The zero-order chi connectivity index (χ0) is 15.0. The summed E-state index contributed by atoms with van der Waals surface area (Å²) < 4.78 is 0. The average Bonchev–Trinajstić information content (AvgIpc) is 2.96. The van der Waals surface area contributed by atoms with Crippen LogP contribution in [0.15, 0.2) is 12.3 Å². The number of likely N-dealkylation sites (tertiary alicyclic amines) is 1. The molecule has 0 aliphatic carbocycles. The number of hydrogen-bond acceptors (Lipinski definition) is 3. The Labute approximate surface area is 122 Å². The van der Waals surface area contributed by atoms with Crippen molar-refractivity contribution in [2.45, 2.75) is 32.2 Å². The number of aromatic amines is 1. The van der Waals surface area contributed by atoms with Crippen molar-refractivity contribution >= 4 is 17.6 Å². The molecule has 3 heterocycles. The van der Waals surface area contributed by atoms with E-state index in [2.05, 4.69) is 10.3 Å². The molecule has 2 aliphatic heterocycles. The number of Topliss-reactive ketones (excluding diaryl/α,β-unsaturated/α-hetero) is 1. The monoisotopic (exact) mass is 289 g/mol. The van der Waals surface area contributed by atoms with Crippen molar-refractivity contribution < 1.29 is 14.4 Å². The molecule has 2 unspecified atom stereocenters. The van der Waals surface area contributed by atoms with E-state index in [0.717, 1.165) is 12.8 Å². The molecule has 2 amide bonds. The maximum Gasteiger partial charge on any atom is 0.270 e. The Kier molecular flexibility index (Phi) is 3.53. The van der Waals surface area contributed by atoms with Crippen LogP contribution in [0.25, 0.3) is 0 Å². The van der Waals surface area contributed by atoms with Crippen LogP contribution in [0.5, 0.6) is 0 Å². The first-order chi connectivity index (χ1) is 10.0. The number of nitrogens with one attached hydrogen (secondary N) is 2. The van der Waals surface area contributed by atoms with Crippen molar-refractivity contribution in [3.63, 3.8) is 0 Å². The van der Waals surface area contributed by atoms with E-state index in [0.29, 0.717) is 36.7 Å². The molecule has 112 valence electrons. The first-order valence-corrected chi connectivity index (χ1v) is 7.32. The summed E-state index contributed by atoms with van der Waals surface area (Å²) >= 11 is 0. The first kappa shape index (κ1) is 13.9. The normalized spacial score (nSPS) is 25.2. The highest BCUT2D eigenvalue weighted by Gasteiger charge is 2.35. The highest BCUT2D eigenvalue weighted by Crippen LogP contribution is 2.26. The third-order valence-corrected chi connectivity index (χ3v) is 4.43. The third kappa shape index (κ3) is 2.70. The predicted octanol–water partition coefficient (Wildman–Crippen LogP) is 0.958. The molecule has 0 saturated carbocycles. The minimum absolute atomic E-state index is 0.0565. The molecule has 0 radical (unpaired) electrons. The zero-order valence-corrected chi connectivity index (χ0v) is 12.0. The van der Waals surface area contributed by atoms with Crippen LogP contribution >= 0.6 is 0 Å². The van der Waals surface area contributed by atoms with E-state index >= 15 is 0 Å². The second-order valence-electron chi connectivity index (χ2n) is 5.87. The summed E-state index contributed by atoms with van der Waals surface area (Å²) in [6, 6.07) is 1.81. The summed E-state index contributed by atoms with van der Waals surface area (Å²) in [7, 11) is 0. The van der Waals surface area contributed by atoms with Crippen LogP contribution in [0.4, 0.5) is 0 Å². The molecule has 2 fully saturated rings. The second-order valence-corrected chi connectivity index (χ2v) is 5.87. The summed E-state index contributed by atoms with van der Waals surface area (Å²) in [4.78, 5) is 39.8. The van der Waals surface area contributed by atoms with Gasteiger partial charge in [0.05, 0.1) is 0 Å². The minimum Gasteiger partial charge on any atom is -0.356 e. The molecule has 6 heteroatoms. The fourth-order valence-corrected chi connectivity index (χ4v) is 3.19. The Morgan fingerprint density at radius 2 is 2.14 bits per heavy atom. The highest BCUT2D eigenvalue weighted by atomic mass is 16.2. The Bertz CT molecular complexity index is 593. The Morgan fingerprint density at radius 3 is 2.86 bits per heavy atom. The molecule has 3 rings (SSSR count). The number of fused-ring (bicyclic) bond motifs is 1. The van der Waals surface area contributed by atoms with Gasteiger partial charge in [-0.15, -0.1) is 0 Å². The number of rotatable bonds is 2. The van der Waals surface area contributed by atoms with Crippen molar-refractivity contribution in [2.75, 3.05) is 13.1 Å². The van der Waals surface area contributed by atoms with E-state index in [-0.39, 0.29) is 23.6 Å². The lowest BCUT2D eigenvalue weighted by atomic mass is 9.85. The van der Waals surface area contributed by atoms with Crippen LogP contribution in [0, 0.1) is 5.92 Å². The minimum atomic E-state index is -0.0714. The molecule has 21 heavy (non-hydrogen) atoms. The summed E-state index contributed by atoms with van der Waals surface area (Å²) in [5.41, 5.74) is 0.983. The van der Waals surface area contributed by atoms with E-state index in [1.165, 1.54) is 6.92 Å². The van der Waals surface area contributed by atoms with Gasteiger partial charge in [0.2, 0.25) is 5.91 Å². The Balaban J connectivity index is 1.68. The Morgan fingerprint density at radius 1 is 1.33 bits per heavy atom. The second kappa shape index (κ2) is 5.35. The zero-order valence-electron chi connectivity index (χ0n) is 12.0. The number of carbonyl (C=O) groups excluding carboxylic acids is 3. The first-order valence-electron chi connectivity index (χ1n) is 7.32. The van der Waals surface area contributed by atoms with E-state index in [4.69, 9.17) is 0 Å². The van der Waals surface area contributed by atoms with Crippen molar-refractivity contribution in [3.8, 4) is 0 Å². The van der Waals surface area contributed by atoms with E-state index in [1.807, 2.05) is 4.90 Å². The van der Waals surface area contributed by atoms with Gasteiger partial charge >= 0.3 is 0 Å². The fourth-order valence-electron chi connectivity index (χ4n) is 3.19. The smallest absolute Gasteiger partial charge is 0.270 e. The lowest BCUT2D eigenvalue weighted by molar-refractivity contribution is -0.125. The van der Waals surface area contributed by atoms with Gasteiger partial charge in [-0.1, -0.05) is 0 Å². The summed E-state index contributed by atoms with van der Waals surface area (Å²) in [6.07, 6.45) is 3.75. The molecule has 1 aromatic rings. The topological polar surface area (TPSA) is 82.3 Å². The number of carbonyl (C=O) groups is 3. The molecule has 2 atom stereocenters. The van der Waals surface area contributed by atoms with Gasteiger partial charge in [0.1, 0.15) is 5.69 Å². The van der Waals surface area contributed by atoms with Gasteiger partial charge in [0.15, 0.2) is 5.78 Å². The molecule has 0 bridgehead atoms. The standard InChI is InChI=1S/C15H19N3O3/c1-9(19)11-6-13(16-7-11)15(21)18-5-4-12-10(8-18)2-3-14(20)17-12/h6-7,10,12,16H,2-5,8H2,1H3,(H,17,20). The van der Waals surface area contributed by atoms with Gasteiger partial charge in [-0.25, -0.2) is 0 Å².